The number of carbonyl (C=O) groups is 1. The minimum atomic E-state index is -0.104. The number of hydrogen-bond donors (Lipinski definition) is 2. The number of aromatic nitrogens is 1. The van der Waals surface area contributed by atoms with Gasteiger partial charge in [-0.25, -0.2) is 4.98 Å². The SMILES string of the molecule is C=C/C=C(\C=C)NC(C)=O.CC.CCc1csc(-c2ccc(OC)cc2)n1.CO. The Labute approximate surface area is 179 Å². The Bertz CT molecular complexity index is 735. The van der Waals surface area contributed by atoms with E-state index in [1.165, 1.54) is 6.92 Å². The standard InChI is InChI=1S/C12H13NOS.C8H11NO.C2H6.CH4O/c1-3-10-8-15-12(13-10)9-4-6-11(14-2)7-5-9;1-4-6-8(5-2)9-7(3)10;2*1-2/h4-8H,3H2,1-2H3;4-6H,1-2H2,3H3,(H,9,10);1-2H3;2H,1H3/b;8-6+;;. The second kappa shape index (κ2) is 18.7. The summed E-state index contributed by atoms with van der Waals surface area (Å²) in [5.74, 6) is 0.777. The third-order valence-corrected chi connectivity index (χ3v) is 4.03. The maximum absolute atomic E-state index is 10.5. The van der Waals surface area contributed by atoms with Crippen LogP contribution in [0.1, 0.15) is 33.4 Å². The number of rotatable bonds is 6. The highest BCUT2D eigenvalue weighted by Gasteiger charge is 2.03. The first-order valence-corrected chi connectivity index (χ1v) is 10.2. The van der Waals surface area contributed by atoms with Gasteiger partial charge in [0.1, 0.15) is 10.8 Å². The fourth-order valence-electron chi connectivity index (χ4n) is 1.83. The Morgan fingerprint density at radius 2 is 1.83 bits per heavy atom. The number of carbonyl (C=O) groups excluding carboxylic acids is 1. The second-order valence-electron chi connectivity index (χ2n) is 4.97. The first-order chi connectivity index (χ1) is 14.0. The van der Waals surface area contributed by atoms with Gasteiger partial charge in [-0.1, -0.05) is 40.0 Å². The van der Waals surface area contributed by atoms with Crippen LogP contribution in [0.4, 0.5) is 0 Å². The van der Waals surface area contributed by atoms with Crippen molar-refractivity contribution < 1.29 is 14.6 Å². The van der Waals surface area contributed by atoms with Gasteiger partial charge < -0.3 is 15.2 Å². The van der Waals surface area contributed by atoms with Crippen molar-refractivity contribution >= 4 is 17.2 Å². The first kappa shape index (κ1) is 28.5. The third kappa shape index (κ3) is 12.4. The molecule has 0 aliphatic rings. The third-order valence-electron chi connectivity index (χ3n) is 3.09. The molecule has 1 aromatic carbocycles. The number of allylic oxidation sites excluding steroid dienone is 3. The lowest BCUT2D eigenvalue weighted by atomic mass is 10.2. The Morgan fingerprint density at radius 1 is 1.24 bits per heavy atom. The number of thiazole rings is 1. The molecule has 2 N–H and O–H groups in total. The van der Waals surface area contributed by atoms with Crippen LogP contribution >= 0.6 is 11.3 Å². The number of aliphatic hydroxyl groups excluding tert-OH is 1. The summed E-state index contributed by atoms with van der Waals surface area (Å²) < 4.78 is 5.11. The van der Waals surface area contributed by atoms with Crippen LogP contribution < -0.4 is 10.1 Å². The molecule has 29 heavy (non-hydrogen) atoms. The van der Waals surface area contributed by atoms with Crippen molar-refractivity contribution in [3.63, 3.8) is 0 Å². The molecule has 5 nitrogen and oxygen atoms in total. The zero-order valence-electron chi connectivity index (χ0n) is 18.4. The molecule has 0 fully saturated rings. The first-order valence-electron chi connectivity index (χ1n) is 9.30. The van der Waals surface area contributed by atoms with Crippen molar-refractivity contribution in [3.8, 4) is 16.3 Å². The van der Waals surface area contributed by atoms with Gasteiger partial charge in [0.2, 0.25) is 5.91 Å². The summed E-state index contributed by atoms with van der Waals surface area (Å²) in [5.41, 5.74) is 2.98. The van der Waals surface area contributed by atoms with Gasteiger partial charge in [-0.15, -0.1) is 11.3 Å². The van der Waals surface area contributed by atoms with Crippen LogP contribution in [0.25, 0.3) is 10.6 Å². The molecule has 0 atom stereocenters. The quantitative estimate of drug-likeness (QED) is 0.617. The predicted octanol–water partition coefficient (Wildman–Crippen LogP) is 5.39. The zero-order chi connectivity index (χ0) is 22.7. The number of benzene rings is 1. The van der Waals surface area contributed by atoms with Gasteiger partial charge in [0.25, 0.3) is 0 Å². The van der Waals surface area contributed by atoms with Crippen molar-refractivity contribution in [2.45, 2.75) is 34.1 Å². The molecule has 0 saturated carbocycles. The average Bonchev–Trinajstić information content (AvgIpc) is 3.26. The molecule has 1 amide bonds. The van der Waals surface area contributed by atoms with E-state index >= 15 is 0 Å². The molecule has 2 rings (SSSR count). The van der Waals surface area contributed by atoms with E-state index in [2.05, 4.69) is 35.8 Å². The molecular formula is C23H34N2O3S. The van der Waals surface area contributed by atoms with Gasteiger partial charge in [0.05, 0.1) is 12.8 Å². The number of amides is 1. The van der Waals surface area contributed by atoms with Crippen LogP contribution in [0.3, 0.4) is 0 Å². The minimum Gasteiger partial charge on any atom is -0.497 e. The summed E-state index contributed by atoms with van der Waals surface area (Å²) >= 11 is 1.69. The van der Waals surface area contributed by atoms with Crippen LogP contribution in [-0.2, 0) is 11.2 Å². The summed E-state index contributed by atoms with van der Waals surface area (Å²) in [6.45, 7) is 14.5. The minimum absolute atomic E-state index is 0.104. The van der Waals surface area contributed by atoms with Crippen LogP contribution in [0, 0.1) is 0 Å². The average molecular weight is 419 g/mol. The van der Waals surface area contributed by atoms with Crippen LogP contribution in [0.2, 0.25) is 0 Å². The fourth-order valence-corrected chi connectivity index (χ4v) is 2.74. The molecule has 1 heterocycles. The Kier molecular flexibility index (Phi) is 18.3. The molecule has 1 aromatic heterocycles. The van der Waals surface area contributed by atoms with Gasteiger partial charge in [-0.05, 0) is 42.8 Å². The Morgan fingerprint density at radius 3 is 2.21 bits per heavy atom. The monoisotopic (exact) mass is 418 g/mol. The molecule has 160 valence electrons. The highest BCUT2D eigenvalue weighted by Crippen LogP contribution is 2.25. The lowest BCUT2D eigenvalue weighted by Crippen LogP contribution is -2.17. The van der Waals surface area contributed by atoms with Crippen LogP contribution in [0.15, 0.2) is 66.7 Å². The van der Waals surface area contributed by atoms with E-state index in [9.17, 15) is 4.79 Å². The maximum atomic E-state index is 10.5. The largest absolute Gasteiger partial charge is 0.497 e. The number of nitrogens with one attached hydrogen (secondary N) is 1. The Hall–Kier alpha value is -2.70. The van der Waals surface area contributed by atoms with E-state index < -0.39 is 0 Å². The van der Waals surface area contributed by atoms with Crippen LogP contribution in [-0.4, -0.2) is 30.2 Å². The molecule has 0 unspecified atom stereocenters. The summed E-state index contributed by atoms with van der Waals surface area (Å²) in [4.78, 5) is 15.0. The van der Waals surface area contributed by atoms with Crippen molar-refractivity contribution in [2.75, 3.05) is 14.2 Å². The van der Waals surface area contributed by atoms with Crippen molar-refractivity contribution in [3.05, 3.63) is 72.4 Å². The molecule has 0 aliphatic carbocycles. The molecule has 0 aliphatic heterocycles. The van der Waals surface area contributed by atoms with E-state index in [1.807, 2.05) is 38.1 Å². The molecule has 6 heteroatoms. The van der Waals surface area contributed by atoms with E-state index in [0.29, 0.717) is 5.70 Å². The van der Waals surface area contributed by atoms with Gasteiger partial charge in [-0.2, -0.15) is 0 Å². The van der Waals surface area contributed by atoms with Crippen molar-refractivity contribution in [1.29, 1.82) is 0 Å². The van der Waals surface area contributed by atoms with E-state index in [1.54, 1.807) is 36.7 Å². The van der Waals surface area contributed by atoms with Gasteiger partial charge in [-0.3, -0.25) is 4.79 Å². The number of methoxy groups -OCH3 is 1. The molecule has 2 aromatic rings. The molecule has 0 bridgehead atoms. The molecular weight excluding hydrogens is 384 g/mol. The van der Waals surface area contributed by atoms with Crippen molar-refractivity contribution in [2.24, 2.45) is 0 Å². The van der Waals surface area contributed by atoms with E-state index in [-0.39, 0.29) is 5.91 Å². The van der Waals surface area contributed by atoms with E-state index in [0.717, 1.165) is 35.5 Å². The highest BCUT2D eigenvalue weighted by molar-refractivity contribution is 7.13. The predicted molar refractivity (Wildman–Crippen MR) is 125 cm³/mol. The maximum Gasteiger partial charge on any atom is 0.221 e. The fraction of sp³-hybridized carbons (Fsp3) is 0.304. The summed E-state index contributed by atoms with van der Waals surface area (Å²) in [6, 6.07) is 8.00. The summed E-state index contributed by atoms with van der Waals surface area (Å²) in [6.07, 6.45) is 5.82. The topological polar surface area (TPSA) is 71.5 Å². The summed E-state index contributed by atoms with van der Waals surface area (Å²) in [5, 5.41) is 12.8. The normalized spacial score (nSPS) is 9.28. The van der Waals surface area contributed by atoms with E-state index in [4.69, 9.17) is 9.84 Å². The second-order valence-corrected chi connectivity index (χ2v) is 5.83. The summed E-state index contributed by atoms with van der Waals surface area (Å²) in [7, 11) is 2.67. The number of aryl methyl sites for hydroxylation is 1. The lowest BCUT2D eigenvalue weighted by molar-refractivity contribution is -0.118. The molecule has 0 spiro atoms. The molecule has 0 saturated heterocycles. The molecule has 0 radical (unpaired) electrons. The number of ether oxygens (including phenoxy) is 1. The van der Waals surface area contributed by atoms with Gasteiger partial charge in [0, 0.05) is 30.7 Å². The highest BCUT2D eigenvalue weighted by atomic mass is 32.1. The number of aliphatic hydroxyl groups is 1. The number of hydrogen-bond acceptors (Lipinski definition) is 5. The Balaban J connectivity index is 0. The van der Waals surface area contributed by atoms with Crippen molar-refractivity contribution in [1.82, 2.24) is 10.3 Å². The lowest BCUT2D eigenvalue weighted by Gasteiger charge is -2.00. The van der Waals surface area contributed by atoms with Gasteiger partial charge in [0.15, 0.2) is 0 Å². The smallest absolute Gasteiger partial charge is 0.221 e. The van der Waals surface area contributed by atoms with Crippen LogP contribution in [0.5, 0.6) is 5.75 Å². The number of nitrogens with zero attached hydrogens (tertiary/aromatic N) is 1. The van der Waals surface area contributed by atoms with Gasteiger partial charge >= 0.3 is 0 Å². The zero-order valence-corrected chi connectivity index (χ0v) is 19.2.